The minimum Gasteiger partial charge on any atom is -0.478 e. The van der Waals surface area contributed by atoms with Crippen molar-refractivity contribution in [2.75, 3.05) is 23.3 Å². The number of carboxylic acid groups (broad SMARTS) is 1. The Morgan fingerprint density at radius 2 is 1.73 bits per heavy atom. The molecule has 30 heavy (non-hydrogen) atoms. The van der Waals surface area contributed by atoms with Gasteiger partial charge in [0.25, 0.3) is 0 Å². The van der Waals surface area contributed by atoms with Crippen LogP contribution in [0, 0.1) is 0 Å². The van der Waals surface area contributed by atoms with Crippen LogP contribution in [-0.2, 0) is 0 Å². The molecule has 0 saturated heterocycles. The lowest BCUT2D eigenvalue weighted by atomic mass is 10.0. The molecule has 1 aliphatic rings. The average Bonchev–Trinajstić information content (AvgIpc) is 2.75. The number of aromatic carboxylic acids is 1. The first-order valence-electron chi connectivity index (χ1n) is 10.7. The summed E-state index contributed by atoms with van der Waals surface area (Å²) in [4.78, 5) is 14.1. The molecule has 0 bridgehead atoms. The maximum absolute atomic E-state index is 11.6. The van der Waals surface area contributed by atoms with Gasteiger partial charge in [0, 0.05) is 18.8 Å². The molecule has 2 N–H and O–H groups in total. The Labute approximate surface area is 177 Å². The SMILES string of the molecule is CCCCN(CCCC)c1ccc2cc3c(cc2c1)Nc1c(cccc1C(=O)O)O3. The fourth-order valence-electron chi connectivity index (χ4n) is 3.89. The van der Waals surface area contributed by atoms with Crippen LogP contribution >= 0.6 is 0 Å². The third kappa shape index (κ3) is 3.92. The van der Waals surface area contributed by atoms with E-state index in [1.165, 1.54) is 31.4 Å². The van der Waals surface area contributed by atoms with Crippen LogP contribution in [-0.4, -0.2) is 24.2 Å². The predicted octanol–water partition coefficient (Wildman–Crippen LogP) is 6.79. The molecule has 0 amide bonds. The Kier molecular flexibility index (Phi) is 5.79. The fraction of sp³-hybridized carbons (Fsp3) is 0.320. The molecule has 156 valence electrons. The summed E-state index contributed by atoms with van der Waals surface area (Å²) in [5.41, 5.74) is 2.72. The van der Waals surface area contributed by atoms with Crippen LogP contribution in [0.25, 0.3) is 10.8 Å². The Morgan fingerprint density at radius 3 is 2.43 bits per heavy atom. The minimum atomic E-state index is -0.975. The van der Waals surface area contributed by atoms with E-state index in [4.69, 9.17) is 4.74 Å². The molecule has 1 heterocycles. The molecule has 5 nitrogen and oxygen atoms in total. The van der Waals surface area contributed by atoms with Crippen molar-refractivity contribution in [3.05, 3.63) is 54.1 Å². The molecular formula is C25H28N2O3. The lowest BCUT2D eigenvalue weighted by Gasteiger charge is -2.26. The molecule has 0 radical (unpaired) electrons. The van der Waals surface area contributed by atoms with Crippen molar-refractivity contribution >= 4 is 33.8 Å². The molecule has 0 aliphatic carbocycles. The number of ether oxygens (including phenoxy) is 1. The summed E-state index contributed by atoms with van der Waals surface area (Å²) in [7, 11) is 0. The van der Waals surface area contributed by atoms with Crippen molar-refractivity contribution in [1.82, 2.24) is 0 Å². The van der Waals surface area contributed by atoms with Gasteiger partial charge in [-0.05, 0) is 60.0 Å². The second kappa shape index (κ2) is 8.66. The third-order valence-electron chi connectivity index (χ3n) is 5.59. The summed E-state index contributed by atoms with van der Waals surface area (Å²) in [6, 6.07) is 15.7. The number of nitrogens with zero attached hydrogens (tertiary/aromatic N) is 1. The number of nitrogens with one attached hydrogen (secondary N) is 1. The van der Waals surface area contributed by atoms with Gasteiger partial charge >= 0.3 is 5.97 Å². The molecule has 3 aromatic rings. The van der Waals surface area contributed by atoms with E-state index in [0.29, 0.717) is 17.2 Å². The van der Waals surface area contributed by atoms with E-state index in [1.807, 2.05) is 12.1 Å². The molecule has 0 aromatic heterocycles. The highest BCUT2D eigenvalue weighted by Gasteiger charge is 2.22. The molecule has 1 aliphatic heterocycles. The smallest absolute Gasteiger partial charge is 0.337 e. The average molecular weight is 405 g/mol. The molecule has 0 fully saturated rings. The van der Waals surface area contributed by atoms with E-state index in [-0.39, 0.29) is 5.56 Å². The van der Waals surface area contributed by atoms with Gasteiger partial charge < -0.3 is 20.1 Å². The molecule has 0 spiro atoms. The van der Waals surface area contributed by atoms with Crippen molar-refractivity contribution in [3.8, 4) is 11.5 Å². The lowest BCUT2D eigenvalue weighted by molar-refractivity contribution is 0.0697. The van der Waals surface area contributed by atoms with Gasteiger partial charge in [0.2, 0.25) is 0 Å². The zero-order valence-corrected chi connectivity index (χ0v) is 17.6. The monoisotopic (exact) mass is 404 g/mol. The van der Waals surface area contributed by atoms with Gasteiger partial charge in [0.05, 0.1) is 16.9 Å². The first-order chi connectivity index (χ1) is 14.6. The van der Waals surface area contributed by atoms with Crippen LogP contribution in [0.5, 0.6) is 11.5 Å². The summed E-state index contributed by atoms with van der Waals surface area (Å²) in [5.74, 6) is 0.264. The lowest BCUT2D eigenvalue weighted by Crippen LogP contribution is -2.25. The van der Waals surface area contributed by atoms with Crippen molar-refractivity contribution in [2.24, 2.45) is 0 Å². The number of anilines is 3. The predicted molar refractivity (Wildman–Crippen MR) is 123 cm³/mol. The first kappa shape index (κ1) is 20.1. The zero-order chi connectivity index (χ0) is 21.1. The molecular weight excluding hydrogens is 376 g/mol. The normalized spacial score (nSPS) is 11.9. The summed E-state index contributed by atoms with van der Waals surface area (Å²) in [6.07, 6.45) is 4.71. The van der Waals surface area contributed by atoms with Crippen LogP contribution in [0.1, 0.15) is 49.9 Å². The highest BCUT2D eigenvalue weighted by Crippen LogP contribution is 2.45. The number of carboxylic acids is 1. The summed E-state index contributed by atoms with van der Waals surface area (Å²) in [5, 5.41) is 15.0. The maximum Gasteiger partial charge on any atom is 0.337 e. The third-order valence-corrected chi connectivity index (χ3v) is 5.59. The van der Waals surface area contributed by atoms with Crippen LogP contribution < -0.4 is 15.0 Å². The maximum atomic E-state index is 11.6. The van der Waals surface area contributed by atoms with Gasteiger partial charge in [-0.15, -0.1) is 0 Å². The van der Waals surface area contributed by atoms with Gasteiger partial charge in [-0.1, -0.05) is 38.8 Å². The number of benzene rings is 3. The highest BCUT2D eigenvalue weighted by molar-refractivity contribution is 6.00. The quantitative estimate of drug-likeness (QED) is 0.338. The van der Waals surface area contributed by atoms with E-state index in [1.54, 1.807) is 18.2 Å². The van der Waals surface area contributed by atoms with Crippen molar-refractivity contribution < 1.29 is 14.6 Å². The second-order valence-electron chi connectivity index (χ2n) is 7.78. The largest absolute Gasteiger partial charge is 0.478 e. The standard InChI is InChI=1S/C25H28N2O3/c1-3-5-12-27(13-6-4-2)19-11-10-17-16-23-21(15-18(17)14-19)26-24-20(25(28)29)8-7-9-22(24)30-23/h7-11,14-16,26H,3-6,12-13H2,1-2H3,(H,28,29). The molecule has 0 unspecified atom stereocenters. The number of carbonyl (C=O) groups is 1. The summed E-state index contributed by atoms with van der Waals surface area (Å²) in [6.45, 7) is 6.56. The fourth-order valence-corrected chi connectivity index (χ4v) is 3.89. The zero-order valence-electron chi connectivity index (χ0n) is 17.6. The first-order valence-corrected chi connectivity index (χ1v) is 10.7. The van der Waals surface area contributed by atoms with Crippen molar-refractivity contribution in [1.29, 1.82) is 0 Å². The minimum absolute atomic E-state index is 0.206. The number of para-hydroxylation sites is 1. The molecule has 4 rings (SSSR count). The van der Waals surface area contributed by atoms with Gasteiger partial charge in [0.15, 0.2) is 11.5 Å². The Morgan fingerprint density at radius 1 is 0.967 bits per heavy atom. The van der Waals surface area contributed by atoms with Crippen LogP contribution in [0.2, 0.25) is 0 Å². The highest BCUT2D eigenvalue weighted by atomic mass is 16.5. The van der Waals surface area contributed by atoms with E-state index in [0.717, 1.165) is 29.5 Å². The molecule has 5 heteroatoms. The number of rotatable bonds is 8. The van der Waals surface area contributed by atoms with E-state index in [9.17, 15) is 9.90 Å². The van der Waals surface area contributed by atoms with Crippen LogP contribution in [0.15, 0.2) is 48.5 Å². The van der Waals surface area contributed by atoms with Crippen LogP contribution in [0.3, 0.4) is 0 Å². The topological polar surface area (TPSA) is 61.8 Å². The number of fused-ring (bicyclic) bond motifs is 3. The van der Waals surface area contributed by atoms with E-state index >= 15 is 0 Å². The van der Waals surface area contributed by atoms with Gasteiger partial charge in [-0.25, -0.2) is 4.79 Å². The Balaban J connectivity index is 1.70. The van der Waals surface area contributed by atoms with Gasteiger partial charge in [0.1, 0.15) is 0 Å². The molecule has 0 saturated carbocycles. The summed E-state index contributed by atoms with van der Waals surface area (Å²) >= 11 is 0. The molecule has 0 atom stereocenters. The number of unbranched alkanes of at least 4 members (excludes halogenated alkanes) is 2. The second-order valence-corrected chi connectivity index (χ2v) is 7.78. The Bertz CT molecular complexity index is 1070. The molecule has 3 aromatic carbocycles. The Hall–Kier alpha value is -3.21. The van der Waals surface area contributed by atoms with Crippen molar-refractivity contribution in [2.45, 2.75) is 39.5 Å². The van der Waals surface area contributed by atoms with Gasteiger partial charge in [-0.3, -0.25) is 0 Å². The number of hydrogen-bond acceptors (Lipinski definition) is 4. The number of hydrogen-bond donors (Lipinski definition) is 2. The van der Waals surface area contributed by atoms with E-state index < -0.39 is 5.97 Å². The van der Waals surface area contributed by atoms with E-state index in [2.05, 4.69) is 42.3 Å². The van der Waals surface area contributed by atoms with Crippen LogP contribution in [0.4, 0.5) is 17.1 Å². The van der Waals surface area contributed by atoms with Crippen molar-refractivity contribution in [3.63, 3.8) is 0 Å². The van der Waals surface area contributed by atoms with Gasteiger partial charge in [-0.2, -0.15) is 0 Å². The summed E-state index contributed by atoms with van der Waals surface area (Å²) < 4.78 is 6.02.